The van der Waals surface area contributed by atoms with Crippen LogP contribution in [0.15, 0.2) is 12.3 Å². The Bertz CT molecular complexity index is 552. The van der Waals surface area contributed by atoms with Gasteiger partial charge in [-0.1, -0.05) is 0 Å². The molecule has 0 spiro atoms. The monoisotopic (exact) mass is 225 g/mol. The van der Waals surface area contributed by atoms with E-state index in [0.29, 0.717) is 0 Å². The van der Waals surface area contributed by atoms with Crippen LogP contribution in [0.1, 0.15) is 17.5 Å². The Labute approximate surface area is 89.3 Å². The van der Waals surface area contributed by atoms with Gasteiger partial charge in [-0.3, -0.25) is 0 Å². The van der Waals surface area contributed by atoms with Gasteiger partial charge in [0.15, 0.2) is 11.5 Å². The summed E-state index contributed by atoms with van der Waals surface area (Å²) in [6, 6.07) is 0.888. The van der Waals surface area contributed by atoms with Gasteiger partial charge in [-0.05, 0) is 6.92 Å². The fourth-order valence-corrected chi connectivity index (χ4v) is 1.22. The van der Waals surface area contributed by atoms with Crippen molar-refractivity contribution in [1.29, 1.82) is 0 Å². The lowest BCUT2D eigenvalue weighted by molar-refractivity contribution is 0.0512. The lowest BCUT2D eigenvalue weighted by Crippen LogP contribution is -2.06. The van der Waals surface area contributed by atoms with Gasteiger partial charge in [-0.25, -0.2) is 13.7 Å². The molecule has 0 radical (unpaired) electrons. The average Bonchev–Trinajstić information content (AvgIpc) is 2.62. The number of rotatable bonds is 2. The first kappa shape index (κ1) is 10.3. The van der Waals surface area contributed by atoms with Crippen molar-refractivity contribution in [3.05, 3.63) is 23.9 Å². The maximum absolute atomic E-state index is 13.3. The second kappa shape index (κ2) is 3.76. The summed E-state index contributed by atoms with van der Waals surface area (Å²) in [7, 11) is 0. The van der Waals surface area contributed by atoms with E-state index in [-0.39, 0.29) is 23.8 Å². The molecule has 0 aromatic carbocycles. The minimum atomic E-state index is -0.761. The predicted molar refractivity (Wildman–Crippen MR) is 50.6 cm³/mol. The number of hydrogen-bond donors (Lipinski definition) is 1. The van der Waals surface area contributed by atoms with Crippen molar-refractivity contribution in [1.82, 2.24) is 14.6 Å². The zero-order chi connectivity index (χ0) is 11.7. The highest BCUT2D eigenvalue weighted by atomic mass is 19.1. The van der Waals surface area contributed by atoms with Gasteiger partial charge in [0.25, 0.3) is 5.82 Å². The third-order valence-corrected chi connectivity index (χ3v) is 1.83. The van der Waals surface area contributed by atoms with Crippen molar-refractivity contribution < 1.29 is 19.0 Å². The van der Waals surface area contributed by atoms with E-state index in [1.807, 2.05) is 0 Å². The van der Waals surface area contributed by atoms with Crippen molar-refractivity contribution in [2.75, 3.05) is 6.61 Å². The Morgan fingerprint density at radius 3 is 3.12 bits per heavy atom. The zero-order valence-corrected chi connectivity index (χ0v) is 8.35. The third-order valence-electron chi connectivity index (χ3n) is 1.83. The van der Waals surface area contributed by atoms with Crippen molar-refractivity contribution in [3.63, 3.8) is 0 Å². The second-order valence-corrected chi connectivity index (χ2v) is 2.97. The van der Waals surface area contributed by atoms with Crippen LogP contribution in [0, 0.1) is 5.82 Å². The molecule has 0 aliphatic rings. The largest absolute Gasteiger partial charge is 0.506 e. The number of halogens is 1. The molecule has 0 saturated heterocycles. The first-order chi connectivity index (χ1) is 7.61. The Morgan fingerprint density at radius 1 is 1.69 bits per heavy atom. The number of hydrogen-bond acceptors (Lipinski definition) is 5. The molecular formula is C9H8FN3O3. The summed E-state index contributed by atoms with van der Waals surface area (Å²) in [6.07, 6.45) is 1.15. The standard InChI is InChI=1S/C9H8FN3O3/c1-2-16-9(15)7-11-8-6(10)3-5(14)4-13(8)12-7/h3-4,14H,2H2,1H3. The van der Waals surface area contributed by atoms with Gasteiger partial charge in [0, 0.05) is 6.07 Å². The first-order valence-electron chi connectivity index (χ1n) is 4.54. The van der Waals surface area contributed by atoms with Crippen molar-refractivity contribution >= 4 is 11.6 Å². The van der Waals surface area contributed by atoms with Crippen molar-refractivity contribution in [2.24, 2.45) is 0 Å². The highest BCUT2D eigenvalue weighted by molar-refractivity contribution is 5.85. The summed E-state index contributed by atoms with van der Waals surface area (Å²) in [5, 5.41) is 12.8. The van der Waals surface area contributed by atoms with Crippen LogP contribution in [0.25, 0.3) is 5.65 Å². The fourth-order valence-electron chi connectivity index (χ4n) is 1.22. The zero-order valence-electron chi connectivity index (χ0n) is 8.35. The maximum Gasteiger partial charge on any atom is 0.378 e. The van der Waals surface area contributed by atoms with E-state index in [4.69, 9.17) is 5.11 Å². The summed E-state index contributed by atoms with van der Waals surface area (Å²) >= 11 is 0. The van der Waals surface area contributed by atoms with Crippen LogP contribution >= 0.6 is 0 Å². The Hall–Kier alpha value is -2.18. The normalized spacial score (nSPS) is 10.6. The van der Waals surface area contributed by atoms with Crippen LogP contribution in [-0.4, -0.2) is 32.3 Å². The second-order valence-electron chi connectivity index (χ2n) is 2.97. The molecule has 0 bridgehead atoms. The van der Waals surface area contributed by atoms with Gasteiger partial charge in [0.2, 0.25) is 0 Å². The number of carbonyl (C=O) groups is 1. The van der Waals surface area contributed by atoms with Crippen molar-refractivity contribution in [2.45, 2.75) is 6.92 Å². The van der Waals surface area contributed by atoms with Gasteiger partial charge in [0.05, 0.1) is 12.8 Å². The molecule has 0 atom stereocenters. The smallest absolute Gasteiger partial charge is 0.378 e. The lowest BCUT2D eigenvalue weighted by Gasteiger charge is -1.94. The minimum absolute atomic E-state index is 0.138. The molecule has 0 fully saturated rings. The van der Waals surface area contributed by atoms with Crippen LogP contribution in [0.2, 0.25) is 0 Å². The third kappa shape index (κ3) is 1.67. The first-order valence-corrected chi connectivity index (χ1v) is 4.54. The highest BCUT2D eigenvalue weighted by Gasteiger charge is 2.16. The fraction of sp³-hybridized carbons (Fsp3) is 0.222. The van der Waals surface area contributed by atoms with E-state index >= 15 is 0 Å². The number of carbonyl (C=O) groups excluding carboxylic acids is 1. The molecule has 0 saturated carbocycles. The molecule has 84 valence electrons. The van der Waals surface area contributed by atoms with E-state index in [9.17, 15) is 9.18 Å². The Morgan fingerprint density at radius 2 is 2.44 bits per heavy atom. The summed E-state index contributed by atoms with van der Waals surface area (Å²) < 4.78 is 18.9. The molecule has 7 heteroatoms. The van der Waals surface area contributed by atoms with Crippen molar-refractivity contribution in [3.8, 4) is 5.75 Å². The molecule has 16 heavy (non-hydrogen) atoms. The average molecular weight is 225 g/mol. The van der Waals surface area contributed by atoms with Crippen LogP contribution in [0.5, 0.6) is 5.75 Å². The number of ether oxygens (including phenoxy) is 1. The summed E-state index contributed by atoms with van der Waals surface area (Å²) in [6.45, 7) is 1.82. The summed E-state index contributed by atoms with van der Waals surface area (Å²) in [5.74, 6) is -2.04. The number of nitrogens with zero attached hydrogens (tertiary/aromatic N) is 3. The van der Waals surface area contributed by atoms with E-state index < -0.39 is 11.8 Å². The number of aromatic nitrogens is 3. The van der Waals surface area contributed by atoms with Gasteiger partial charge < -0.3 is 9.84 Å². The van der Waals surface area contributed by atoms with Crippen LogP contribution in [-0.2, 0) is 4.74 Å². The molecule has 0 aliphatic heterocycles. The van der Waals surface area contributed by atoms with Crippen LogP contribution < -0.4 is 0 Å². The van der Waals surface area contributed by atoms with Crippen LogP contribution in [0.3, 0.4) is 0 Å². The van der Waals surface area contributed by atoms with E-state index in [1.165, 1.54) is 0 Å². The summed E-state index contributed by atoms with van der Waals surface area (Å²) in [5.41, 5.74) is -0.138. The Kier molecular flexibility index (Phi) is 2.43. The number of esters is 1. The SMILES string of the molecule is CCOC(=O)c1nc2c(F)cc(O)cn2n1. The predicted octanol–water partition coefficient (Wildman–Crippen LogP) is 0.751. The van der Waals surface area contributed by atoms with E-state index in [2.05, 4.69) is 14.8 Å². The molecule has 6 nitrogen and oxygen atoms in total. The number of fused-ring (bicyclic) bond motifs is 1. The molecular weight excluding hydrogens is 217 g/mol. The number of aromatic hydroxyl groups is 1. The summed E-state index contributed by atoms with van der Waals surface area (Å²) in [4.78, 5) is 14.9. The molecule has 0 unspecified atom stereocenters. The van der Waals surface area contributed by atoms with Gasteiger partial charge in [-0.15, -0.1) is 5.10 Å². The van der Waals surface area contributed by atoms with E-state index in [1.54, 1.807) is 6.92 Å². The highest BCUT2D eigenvalue weighted by Crippen LogP contribution is 2.14. The van der Waals surface area contributed by atoms with Gasteiger partial charge in [-0.2, -0.15) is 4.98 Å². The maximum atomic E-state index is 13.3. The Balaban J connectivity index is 2.51. The molecule has 1 N–H and O–H groups in total. The molecule has 0 aliphatic carbocycles. The molecule has 2 aromatic rings. The minimum Gasteiger partial charge on any atom is -0.506 e. The topological polar surface area (TPSA) is 76.7 Å². The van der Waals surface area contributed by atoms with E-state index in [0.717, 1.165) is 16.8 Å². The number of pyridine rings is 1. The molecule has 2 rings (SSSR count). The van der Waals surface area contributed by atoms with Gasteiger partial charge in [0.1, 0.15) is 5.75 Å². The molecule has 2 heterocycles. The quantitative estimate of drug-likeness (QED) is 0.763. The molecule has 2 aromatic heterocycles. The lowest BCUT2D eigenvalue weighted by atomic mass is 10.4. The van der Waals surface area contributed by atoms with Crippen LogP contribution in [0.4, 0.5) is 4.39 Å². The van der Waals surface area contributed by atoms with Gasteiger partial charge >= 0.3 is 5.97 Å². The molecule has 0 amide bonds.